The first-order valence-corrected chi connectivity index (χ1v) is 8.98. The standard InChI is InChI=1S/C17H18BrN3OS/c1-11(22-3)17-19-14(10-23-17)9-21(2)16-7-4-12-8-13(18)5-6-15(12)20-16/h4-8,10-11H,9H2,1-3H3. The van der Waals surface area contributed by atoms with Crippen LogP contribution in [0.1, 0.15) is 23.7 Å². The molecule has 0 aliphatic rings. The molecule has 4 nitrogen and oxygen atoms in total. The molecule has 0 amide bonds. The second-order valence-corrected chi connectivity index (χ2v) is 7.22. The van der Waals surface area contributed by atoms with E-state index >= 15 is 0 Å². The monoisotopic (exact) mass is 391 g/mol. The topological polar surface area (TPSA) is 38.2 Å². The number of nitrogens with zero attached hydrogens (tertiary/aromatic N) is 3. The van der Waals surface area contributed by atoms with Crippen LogP contribution in [0.3, 0.4) is 0 Å². The molecule has 2 heterocycles. The Morgan fingerprint density at radius 3 is 2.87 bits per heavy atom. The average Bonchev–Trinajstić information content (AvgIpc) is 3.02. The molecule has 0 fully saturated rings. The van der Waals surface area contributed by atoms with Gasteiger partial charge in [-0.3, -0.25) is 0 Å². The first-order valence-electron chi connectivity index (χ1n) is 7.31. The Kier molecular flexibility index (Phi) is 4.94. The Morgan fingerprint density at radius 2 is 2.09 bits per heavy atom. The Labute approximate surface area is 148 Å². The van der Waals surface area contributed by atoms with Crippen molar-refractivity contribution in [2.24, 2.45) is 0 Å². The lowest BCUT2D eigenvalue weighted by Crippen LogP contribution is -2.18. The first kappa shape index (κ1) is 16.4. The highest BCUT2D eigenvalue weighted by atomic mass is 79.9. The lowest BCUT2D eigenvalue weighted by molar-refractivity contribution is 0.119. The van der Waals surface area contributed by atoms with Crippen LogP contribution < -0.4 is 4.90 Å². The van der Waals surface area contributed by atoms with Crippen LogP contribution in [0.25, 0.3) is 10.9 Å². The molecule has 0 aliphatic carbocycles. The van der Waals surface area contributed by atoms with Crippen molar-refractivity contribution >= 4 is 44.0 Å². The number of hydrogen-bond donors (Lipinski definition) is 0. The molecule has 6 heteroatoms. The van der Waals surface area contributed by atoms with E-state index in [1.165, 1.54) is 0 Å². The molecule has 0 bridgehead atoms. The molecule has 1 unspecified atom stereocenters. The predicted molar refractivity (Wildman–Crippen MR) is 99.1 cm³/mol. The molecule has 1 atom stereocenters. The summed E-state index contributed by atoms with van der Waals surface area (Å²) in [5.74, 6) is 0.939. The van der Waals surface area contributed by atoms with Gasteiger partial charge in [0.25, 0.3) is 0 Å². The van der Waals surface area contributed by atoms with Gasteiger partial charge in [-0.05, 0) is 37.3 Å². The third-order valence-corrected chi connectivity index (χ3v) is 5.25. The van der Waals surface area contributed by atoms with Crippen molar-refractivity contribution in [1.82, 2.24) is 9.97 Å². The van der Waals surface area contributed by atoms with Gasteiger partial charge in [-0.1, -0.05) is 15.9 Å². The van der Waals surface area contributed by atoms with E-state index in [9.17, 15) is 0 Å². The molecule has 0 radical (unpaired) electrons. The molecule has 120 valence electrons. The maximum atomic E-state index is 5.32. The molecule has 3 rings (SSSR count). The van der Waals surface area contributed by atoms with E-state index < -0.39 is 0 Å². The van der Waals surface area contributed by atoms with Crippen LogP contribution in [-0.2, 0) is 11.3 Å². The van der Waals surface area contributed by atoms with Crippen LogP contribution in [0.5, 0.6) is 0 Å². The second kappa shape index (κ2) is 6.95. The van der Waals surface area contributed by atoms with Gasteiger partial charge in [-0.15, -0.1) is 11.3 Å². The van der Waals surface area contributed by atoms with Gasteiger partial charge in [0.1, 0.15) is 16.9 Å². The maximum Gasteiger partial charge on any atom is 0.129 e. The summed E-state index contributed by atoms with van der Waals surface area (Å²) in [6, 6.07) is 10.2. The summed E-state index contributed by atoms with van der Waals surface area (Å²) < 4.78 is 6.38. The number of pyridine rings is 1. The fourth-order valence-corrected chi connectivity index (χ4v) is 3.53. The third kappa shape index (κ3) is 3.71. The molecule has 0 N–H and O–H groups in total. The highest BCUT2D eigenvalue weighted by Crippen LogP contribution is 2.24. The molecule has 23 heavy (non-hydrogen) atoms. The van der Waals surface area contributed by atoms with Gasteiger partial charge >= 0.3 is 0 Å². The number of thiazole rings is 1. The fraction of sp³-hybridized carbons (Fsp3) is 0.294. The van der Waals surface area contributed by atoms with Crippen molar-refractivity contribution in [3.8, 4) is 0 Å². The first-order chi connectivity index (χ1) is 11.1. The summed E-state index contributed by atoms with van der Waals surface area (Å²) in [4.78, 5) is 11.5. The number of halogens is 1. The van der Waals surface area contributed by atoms with Crippen LogP contribution in [0.2, 0.25) is 0 Å². The van der Waals surface area contributed by atoms with Crippen LogP contribution in [-0.4, -0.2) is 24.1 Å². The summed E-state index contributed by atoms with van der Waals surface area (Å²) in [5, 5.41) is 4.22. The molecule has 3 aromatic rings. The maximum absolute atomic E-state index is 5.32. The summed E-state index contributed by atoms with van der Waals surface area (Å²) in [6.45, 7) is 2.73. The van der Waals surface area contributed by atoms with E-state index in [1.807, 2.05) is 32.2 Å². The second-order valence-electron chi connectivity index (χ2n) is 5.42. The molecule has 0 spiro atoms. The van der Waals surface area contributed by atoms with Gasteiger partial charge in [0.2, 0.25) is 0 Å². The Bertz CT molecular complexity index is 820. The fourth-order valence-electron chi connectivity index (χ4n) is 2.31. The molecule has 1 aromatic carbocycles. The van der Waals surface area contributed by atoms with Gasteiger partial charge < -0.3 is 9.64 Å². The highest BCUT2D eigenvalue weighted by molar-refractivity contribution is 9.10. The van der Waals surface area contributed by atoms with Crippen molar-refractivity contribution in [2.75, 3.05) is 19.1 Å². The number of rotatable bonds is 5. The van der Waals surface area contributed by atoms with Crippen molar-refractivity contribution in [3.63, 3.8) is 0 Å². The van der Waals surface area contributed by atoms with E-state index in [-0.39, 0.29) is 6.10 Å². The van der Waals surface area contributed by atoms with Crippen LogP contribution >= 0.6 is 27.3 Å². The average molecular weight is 392 g/mol. The summed E-state index contributed by atoms with van der Waals surface area (Å²) >= 11 is 5.12. The lowest BCUT2D eigenvalue weighted by Gasteiger charge is -2.17. The number of methoxy groups -OCH3 is 1. The van der Waals surface area contributed by atoms with Gasteiger partial charge in [0.15, 0.2) is 0 Å². The van der Waals surface area contributed by atoms with E-state index in [2.05, 4.69) is 43.3 Å². The van der Waals surface area contributed by atoms with E-state index in [0.29, 0.717) is 0 Å². The molecule has 0 aliphatic heterocycles. The van der Waals surface area contributed by atoms with Gasteiger partial charge in [0, 0.05) is 29.4 Å². The Balaban J connectivity index is 1.78. The molecule has 2 aromatic heterocycles. The zero-order chi connectivity index (χ0) is 16.4. The number of anilines is 1. The Morgan fingerprint density at radius 1 is 1.26 bits per heavy atom. The van der Waals surface area contributed by atoms with Crippen molar-refractivity contribution in [2.45, 2.75) is 19.6 Å². The minimum absolute atomic E-state index is 0.0382. The number of benzene rings is 1. The van der Waals surface area contributed by atoms with Crippen molar-refractivity contribution < 1.29 is 4.74 Å². The van der Waals surface area contributed by atoms with Crippen LogP contribution in [0, 0.1) is 0 Å². The lowest BCUT2D eigenvalue weighted by atomic mass is 10.2. The molecule has 0 saturated carbocycles. The SMILES string of the molecule is COC(C)c1nc(CN(C)c2ccc3cc(Br)ccc3n2)cs1. The summed E-state index contributed by atoms with van der Waals surface area (Å²) in [7, 11) is 3.74. The third-order valence-electron chi connectivity index (χ3n) is 3.70. The zero-order valence-electron chi connectivity index (χ0n) is 13.3. The normalized spacial score (nSPS) is 12.5. The number of ether oxygens (including phenoxy) is 1. The number of fused-ring (bicyclic) bond motifs is 1. The molecular formula is C17H18BrN3OS. The van der Waals surface area contributed by atoms with Crippen LogP contribution in [0.15, 0.2) is 40.2 Å². The quantitative estimate of drug-likeness (QED) is 0.625. The number of aromatic nitrogens is 2. The minimum Gasteiger partial charge on any atom is -0.375 e. The number of hydrogen-bond acceptors (Lipinski definition) is 5. The minimum atomic E-state index is 0.0382. The molecule has 0 saturated heterocycles. The summed E-state index contributed by atoms with van der Waals surface area (Å²) in [5.41, 5.74) is 2.03. The van der Waals surface area contributed by atoms with Gasteiger partial charge in [0.05, 0.1) is 17.8 Å². The van der Waals surface area contributed by atoms with Gasteiger partial charge in [-0.25, -0.2) is 9.97 Å². The van der Waals surface area contributed by atoms with E-state index in [0.717, 1.165) is 38.4 Å². The largest absolute Gasteiger partial charge is 0.375 e. The summed E-state index contributed by atoms with van der Waals surface area (Å²) in [6.07, 6.45) is 0.0382. The van der Waals surface area contributed by atoms with E-state index in [1.54, 1.807) is 18.4 Å². The highest BCUT2D eigenvalue weighted by Gasteiger charge is 2.12. The predicted octanol–water partition coefficient (Wildman–Crippen LogP) is 4.80. The van der Waals surface area contributed by atoms with E-state index in [4.69, 9.17) is 9.72 Å². The van der Waals surface area contributed by atoms with Crippen LogP contribution in [0.4, 0.5) is 5.82 Å². The van der Waals surface area contributed by atoms with Crippen molar-refractivity contribution in [1.29, 1.82) is 0 Å². The Hall–Kier alpha value is -1.50. The smallest absolute Gasteiger partial charge is 0.129 e. The molecular weight excluding hydrogens is 374 g/mol. The zero-order valence-corrected chi connectivity index (χ0v) is 15.7. The van der Waals surface area contributed by atoms with Gasteiger partial charge in [-0.2, -0.15) is 0 Å². The van der Waals surface area contributed by atoms with Crippen molar-refractivity contribution in [3.05, 3.63) is 50.9 Å².